The van der Waals surface area contributed by atoms with E-state index < -0.39 is 0 Å². The summed E-state index contributed by atoms with van der Waals surface area (Å²) in [4.78, 5) is 19.6. The van der Waals surface area contributed by atoms with Crippen molar-refractivity contribution in [3.05, 3.63) is 72.4 Å². The first-order valence-electron chi connectivity index (χ1n) is 11.1. The van der Waals surface area contributed by atoms with Crippen LogP contribution in [-0.4, -0.2) is 51.6 Å². The lowest BCUT2D eigenvalue weighted by Gasteiger charge is -2.29. The number of pyridine rings is 1. The summed E-state index contributed by atoms with van der Waals surface area (Å²) in [5.74, 6) is 0.441. The van der Waals surface area contributed by atoms with E-state index in [4.69, 9.17) is 5.73 Å². The van der Waals surface area contributed by atoms with Crippen molar-refractivity contribution in [2.24, 2.45) is 0 Å². The standard InChI is InChI=1S/C25H27N7O/c1-31-13-11-20(12-14-31)27-24(33)18-6-4-5-17(15-18)19-9-10-23-29-25(30-32(23)16-19)28-22-8-3-2-7-21(22)26/h2-10,15-16,20H,11-14,26H2,1H3,(H,27,33)(H,28,30). The van der Waals surface area contributed by atoms with Crippen molar-refractivity contribution in [1.82, 2.24) is 24.8 Å². The maximum atomic E-state index is 12.8. The van der Waals surface area contributed by atoms with Gasteiger partial charge in [-0.25, -0.2) is 4.52 Å². The Morgan fingerprint density at radius 2 is 1.85 bits per heavy atom. The molecule has 4 aromatic rings. The minimum Gasteiger partial charge on any atom is -0.397 e. The Labute approximate surface area is 192 Å². The predicted molar refractivity (Wildman–Crippen MR) is 131 cm³/mol. The summed E-state index contributed by atoms with van der Waals surface area (Å²) in [6.07, 6.45) is 3.88. The Kier molecular flexibility index (Phi) is 5.66. The van der Waals surface area contributed by atoms with Crippen molar-refractivity contribution < 1.29 is 4.79 Å². The highest BCUT2D eigenvalue weighted by molar-refractivity contribution is 5.95. The van der Waals surface area contributed by atoms with Crippen LogP contribution in [0.25, 0.3) is 16.8 Å². The number of amides is 1. The molecule has 0 bridgehead atoms. The third-order valence-electron chi connectivity index (χ3n) is 6.05. The number of nitrogens with one attached hydrogen (secondary N) is 2. The summed E-state index contributed by atoms with van der Waals surface area (Å²) >= 11 is 0. The van der Waals surface area contributed by atoms with Gasteiger partial charge >= 0.3 is 0 Å². The lowest BCUT2D eigenvalue weighted by molar-refractivity contribution is 0.0917. The third-order valence-corrected chi connectivity index (χ3v) is 6.05. The number of nitrogens with zero attached hydrogens (tertiary/aromatic N) is 4. The molecule has 33 heavy (non-hydrogen) atoms. The molecule has 0 spiro atoms. The summed E-state index contributed by atoms with van der Waals surface area (Å²) in [5, 5.41) is 10.9. The van der Waals surface area contributed by atoms with Crippen LogP contribution in [-0.2, 0) is 0 Å². The van der Waals surface area contributed by atoms with Gasteiger partial charge in [0, 0.05) is 23.4 Å². The van der Waals surface area contributed by atoms with Gasteiger partial charge in [0.25, 0.3) is 5.91 Å². The molecule has 2 aromatic carbocycles. The Morgan fingerprint density at radius 3 is 2.67 bits per heavy atom. The average Bonchev–Trinajstić information content (AvgIpc) is 3.24. The molecule has 5 rings (SSSR count). The molecule has 1 fully saturated rings. The van der Waals surface area contributed by atoms with Crippen LogP contribution in [0.4, 0.5) is 17.3 Å². The van der Waals surface area contributed by atoms with E-state index in [2.05, 4.69) is 32.7 Å². The summed E-state index contributed by atoms with van der Waals surface area (Å²) < 4.78 is 1.72. The van der Waals surface area contributed by atoms with Crippen molar-refractivity contribution in [2.75, 3.05) is 31.2 Å². The lowest BCUT2D eigenvalue weighted by atomic mass is 10.0. The first-order valence-corrected chi connectivity index (χ1v) is 11.1. The quantitative estimate of drug-likeness (QED) is 0.410. The Bertz CT molecular complexity index is 1290. The van der Waals surface area contributed by atoms with Crippen LogP contribution in [0.15, 0.2) is 66.9 Å². The highest BCUT2D eigenvalue weighted by atomic mass is 16.1. The zero-order chi connectivity index (χ0) is 22.8. The molecule has 1 amide bonds. The number of fused-ring (bicyclic) bond motifs is 1. The van der Waals surface area contributed by atoms with Gasteiger partial charge < -0.3 is 21.3 Å². The van der Waals surface area contributed by atoms with Gasteiger partial charge in [-0.3, -0.25) is 4.79 Å². The Morgan fingerprint density at radius 1 is 1.03 bits per heavy atom. The molecule has 0 atom stereocenters. The number of hydrogen-bond donors (Lipinski definition) is 3. The number of benzene rings is 2. The zero-order valence-corrected chi connectivity index (χ0v) is 18.5. The molecule has 2 aromatic heterocycles. The molecule has 0 unspecified atom stereocenters. The van der Waals surface area contributed by atoms with E-state index in [1.165, 1.54) is 0 Å². The number of carbonyl (C=O) groups excluding carboxylic acids is 1. The van der Waals surface area contributed by atoms with Crippen molar-refractivity contribution in [3.63, 3.8) is 0 Å². The summed E-state index contributed by atoms with van der Waals surface area (Å²) in [6.45, 7) is 2.02. The van der Waals surface area contributed by atoms with Gasteiger partial charge in [-0.1, -0.05) is 24.3 Å². The van der Waals surface area contributed by atoms with E-state index in [1.807, 2.05) is 66.9 Å². The fourth-order valence-electron chi connectivity index (χ4n) is 4.10. The van der Waals surface area contributed by atoms with Crippen LogP contribution in [0.2, 0.25) is 0 Å². The van der Waals surface area contributed by atoms with Gasteiger partial charge in [0.15, 0.2) is 5.65 Å². The molecule has 0 aliphatic carbocycles. The SMILES string of the molecule is CN1CCC(NC(=O)c2cccc(-c3ccc4nc(Nc5ccccc5N)nn4c3)c2)CC1. The van der Waals surface area contributed by atoms with Gasteiger partial charge in [0.1, 0.15) is 0 Å². The predicted octanol–water partition coefficient (Wildman–Crippen LogP) is 3.55. The fraction of sp³-hybridized carbons (Fsp3) is 0.240. The van der Waals surface area contributed by atoms with E-state index in [0.717, 1.165) is 42.7 Å². The number of piperidine rings is 1. The van der Waals surface area contributed by atoms with Crippen molar-refractivity contribution in [3.8, 4) is 11.1 Å². The number of carbonyl (C=O) groups is 1. The maximum Gasteiger partial charge on any atom is 0.251 e. The number of rotatable bonds is 5. The van der Waals surface area contributed by atoms with Crippen LogP contribution in [0.1, 0.15) is 23.2 Å². The molecular formula is C25H27N7O. The molecule has 3 heterocycles. The zero-order valence-electron chi connectivity index (χ0n) is 18.5. The minimum absolute atomic E-state index is 0.0276. The molecule has 8 nitrogen and oxygen atoms in total. The average molecular weight is 442 g/mol. The van der Waals surface area contributed by atoms with E-state index in [-0.39, 0.29) is 11.9 Å². The van der Waals surface area contributed by atoms with E-state index in [1.54, 1.807) is 4.52 Å². The van der Waals surface area contributed by atoms with Crippen molar-refractivity contribution in [2.45, 2.75) is 18.9 Å². The molecule has 1 aliphatic heterocycles. The number of anilines is 3. The summed E-state index contributed by atoms with van der Waals surface area (Å²) in [6, 6.07) is 19.3. The number of hydrogen-bond acceptors (Lipinski definition) is 6. The fourth-order valence-corrected chi connectivity index (χ4v) is 4.10. The molecule has 168 valence electrons. The van der Waals surface area contributed by atoms with Crippen LogP contribution in [0.5, 0.6) is 0 Å². The highest BCUT2D eigenvalue weighted by Gasteiger charge is 2.19. The van der Waals surface area contributed by atoms with Crippen LogP contribution in [0, 0.1) is 0 Å². The third kappa shape index (κ3) is 4.65. The molecule has 8 heteroatoms. The minimum atomic E-state index is -0.0276. The summed E-state index contributed by atoms with van der Waals surface area (Å²) in [5.41, 5.74) is 10.7. The highest BCUT2D eigenvalue weighted by Crippen LogP contribution is 2.24. The maximum absolute atomic E-state index is 12.8. The molecule has 0 saturated carbocycles. The smallest absolute Gasteiger partial charge is 0.251 e. The van der Waals surface area contributed by atoms with Gasteiger partial charge in [-0.2, -0.15) is 4.98 Å². The van der Waals surface area contributed by atoms with Gasteiger partial charge in [-0.05, 0) is 74.9 Å². The van der Waals surface area contributed by atoms with Crippen LogP contribution >= 0.6 is 0 Å². The summed E-state index contributed by atoms with van der Waals surface area (Å²) in [7, 11) is 2.11. The second-order valence-corrected chi connectivity index (χ2v) is 8.50. The van der Waals surface area contributed by atoms with Crippen molar-refractivity contribution >= 4 is 28.9 Å². The number of aromatic nitrogens is 3. The van der Waals surface area contributed by atoms with Crippen molar-refractivity contribution in [1.29, 1.82) is 0 Å². The second kappa shape index (κ2) is 8.91. The van der Waals surface area contributed by atoms with E-state index in [0.29, 0.717) is 22.8 Å². The number of nitrogens with two attached hydrogens (primary N) is 1. The van der Waals surface area contributed by atoms with Crippen LogP contribution < -0.4 is 16.4 Å². The first-order chi connectivity index (χ1) is 16.0. The first kappa shape index (κ1) is 21.0. The van der Waals surface area contributed by atoms with E-state index >= 15 is 0 Å². The molecule has 1 saturated heterocycles. The monoisotopic (exact) mass is 441 g/mol. The Hall–Kier alpha value is -3.91. The molecule has 4 N–H and O–H groups in total. The number of nitrogen functional groups attached to an aromatic ring is 1. The van der Waals surface area contributed by atoms with E-state index in [9.17, 15) is 4.79 Å². The molecule has 1 aliphatic rings. The Balaban J connectivity index is 1.34. The topological polar surface area (TPSA) is 101 Å². The van der Waals surface area contributed by atoms with Gasteiger partial charge in [0.05, 0.1) is 11.4 Å². The van der Waals surface area contributed by atoms with Gasteiger partial charge in [0.2, 0.25) is 5.95 Å². The largest absolute Gasteiger partial charge is 0.397 e. The number of likely N-dealkylation sites (tertiary alicyclic amines) is 1. The molecule has 0 radical (unpaired) electrons. The van der Waals surface area contributed by atoms with Gasteiger partial charge in [-0.15, -0.1) is 5.10 Å². The number of para-hydroxylation sites is 2. The molecular weight excluding hydrogens is 414 g/mol. The second-order valence-electron chi connectivity index (χ2n) is 8.50. The lowest BCUT2D eigenvalue weighted by Crippen LogP contribution is -2.43. The normalized spacial score (nSPS) is 14.9. The van der Waals surface area contributed by atoms with Crippen LogP contribution in [0.3, 0.4) is 0 Å².